The van der Waals surface area contributed by atoms with Crippen LogP contribution < -0.4 is 4.74 Å². The molecule has 0 aliphatic rings. The van der Waals surface area contributed by atoms with Gasteiger partial charge in [-0.25, -0.2) is 4.98 Å². The van der Waals surface area contributed by atoms with Crippen molar-refractivity contribution in [2.75, 3.05) is 13.9 Å². The van der Waals surface area contributed by atoms with Crippen LogP contribution in [0.1, 0.15) is 0 Å². The first-order valence-corrected chi connectivity index (χ1v) is 5.15. The van der Waals surface area contributed by atoms with Gasteiger partial charge >= 0.3 is 0 Å². The van der Waals surface area contributed by atoms with Crippen LogP contribution >= 0.6 is 38.5 Å². The van der Waals surface area contributed by atoms with Crippen molar-refractivity contribution in [1.29, 1.82) is 0 Å². The molecule has 0 aliphatic carbocycles. The van der Waals surface area contributed by atoms with Gasteiger partial charge < -0.3 is 9.47 Å². The van der Waals surface area contributed by atoms with E-state index in [0.717, 1.165) is 0 Å². The molecule has 0 radical (unpaired) electrons. The first-order valence-electron chi connectivity index (χ1n) is 3.28. The number of hydrogen-bond donors (Lipinski definition) is 0. The molecule has 6 heteroatoms. The molecule has 0 N–H and O–H groups in total. The Morgan fingerprint density at radius 3 is 3.00 bits per heavy atom. The Balaban J connectivity index is 2.96. The standard InChI is InChI=1S/C7H6BrFINO2/c1-12-3-13-6-5(10)4(8)2-11-7(6)9/h2H,3H2,1H3. The number of ether oxygens (including phenoxy) is 2. The summed E-state index contributed by atoms with van der Waals surface area (Å²) in [6.45, 7) is 0.00501. The van der Waals surface area contributed by atoms with E-state index in [1.54, 1.807) is 0 Å². The van der Waals surface area contributed by atoms with Gasteiger partial charge in [-0.1, -0.05) is 0 Å². The zero-order chi connectivity index (χ0) is 9.84. The molecule has 0 amide bonds. The quantitative estimate of drug-likeness (QED) is 0.471. The van der Waals surface area contributed by atoms with Gasteiger partial charge in [0.25, 0.3) is 5.95 Å². The maximum Gasteiger partial charge on any atom is 0.256 e. The van der Waals surface area contributed by atoms with Crippen LogP contribution in [-0.4, -0.2) is 18.9 Å². The minimum atomic E-state index is -0.635. The van der Waals surface area contributed by atoms with Crippen molar-refractivity contribution in [3.8, 4) is 5.75 Å². The maximum atomic E-state index is 13.0. The zero-order valence-electron chi connectivity index (χ0n) is 6.68. The number of hydrogen-bond acceptors (Lipinski definition) is 3. The number of halogens is 3. The van der Waals surface area contributed by atoms with E-state index in [-0.39, 0.29) is 12.5 Å². The largest absolute Gasteiger partial charge is 0.462 e. The summed E-state index contributed by atoms with van der Waals surface area (Å²) in [4.78, 5) is 3.49. The minimum Gasteiger partial charge on any atom is -0.462 e. The number of methoxy groups -OCH3 is 1. The van der Waals surface area contributed by atoms with Crippen LogP contribution in [0, 0.1) is 9.52 Å². The van der Waals surface area contributed by atoms with Crippen LogP contribution in [0.4, 0.5) is 4.39 Å². The average Bonchev–Trinajstić information content (AvgIpc) is 2.12. The number of aromatic nitrogens is 1. The fourth-order valence-corrected chi connectivity index (χ4v) is 1.47. The molecule has 0 saturated carbocycles. The Labute approximate surface area is 96.9 Å². The molecule has 0 spiro atoms. The predicted octanol–water partition coefficient (Wildman–Crippen LogP) is 2.57. The monoisotopic (exact) mass is 361 g/mol. The van der Waals surface area contributed by atoms with Gasteiger partial charge in [-0.3, -0.25) is 0 Å². The highest BCUT2D eigenvalue weighted by Gasteiger charge is 2.12. The summed E-state index contributed by atoms with van der Waals surface area (Å²) in [6, 6.07) is 0. The Morgan fingerprint density at radius 2 is 2.38 bits per heavy atom. The van der Waals surface area contributed by atoms with Gasteiger partial charge in [0.05, 0.1) is 8.04 Å². The molecule has 0 unspecified atom stereocenters. The highest BCUT2D eigenvalue weighted by atomic mass is 127. The molecule has 0 atom stereocenters. The summed E-state index contributed by atoms with van der Waals surface area (Å²) in [7, 11) is 1.47. The lowest BCUT2D eigenvalue weighted by Crippen LogP contribution is -2.04. The average molecular weight is 362 g/mol. The van der Waals surface area contributed by atoms with Gasteiger partial charge in [-0.15, -0.1) is 0 Å². The summed E-state index contributed by atoms with van der Waals surface area (Å²) in [6.07, 6.45) is 1.39. The number of pyridine rings is 1. The van der Waals surface area contributed by atoms with E-state index in [1.165, 1.54) is 13.3 Å². The lowest BCUT2D eigenvalue weighted by Gasteiger charge is -2.07. The Hall–Kier alpha value is 0.0500. The molecule has 0 fully saturated rings. The van der Waals surface area contributed by atoms with Gasteiger partial charge in [0.15, 0.2) is 12.5 Å². The number of rotatable bonds is 3. The minimum absolute atomic E-state index is 0.00501. The molecule has 0 aromatic carbocycles. The van der Waals surface area contributed by atoms with Crippen LogP contribution in [0.2, 0.25) is 0 Å². The molecule has 0 aliphatic heterocycles. The molecule has 3 nitrogen and oxygen atoms in total. The second-order valence-electron chi connectivity index (χ2n) is 2.09. The maximum absolute atomic E-state index is 13.0. The smallest absolute Gasteiger partial charge is 0.256 e. The lowest BCUT2D eigenvalue weighted by molar-refractivity contribution is 0.0469. The Kier molecular flexibility index (Phi) is 4.33. The van der Waals surface area contributed by atoms with Gasteiger partial charge in [0.2, 0.25) is 0 Å². The summed E-state index contributed by atoms with van der Waals surface area (Å²) in [5.41, 5.74) is 0. The third-order valence-corrected chi connectivity index (χ3v) is 3.62. The summed E-state index contributed by atoms with van der Waals surface area (Å²) < 4.78 is 24.0. The Bertz CT molecular complexity index is 311. The SMILES string of the molecule is COCOc1c(F)ncc(Br)c1I. The second kappa shape index (κ2) is 5.06. The molecule has 0 saturated heterocycles. The first kappa shape index (κ1) is 11.1. The third kappa shape index (κ3) is 2.75. The van der Waals surface area contributed by atoms with E-state index in [4.69, 9.17) is 4.74 Å². The molecule has 13 heavy (non-hydrogen) atoms. The van der Waals surface area contributed by atoms with Crippen LogP contribution in [0.5, 0.6) is 5.75 Å². The molecule has 1 aromatic heterocycles. The van der Waals surface area contributed by atoms with Crippen molar-refractivity contribution >= 4 is 38.5 Å². The van der Waals surface area contributed by atoms with Crippen molar-refractivity contribution in [1.82, 2.24) is 4.98 Å². The molecule has 1 rings (SSSR count). The predicted molar refractivity (Wildman–Crippen MR) is 57.1 cm³/mol. The number of nitrogens with zero attached hydrogens (tertiary/aromatic N) is 1. The van der Waals surface area contributed by atoms with Crippen molar-refractivity contribution in [3.63, 3.8) is 0 Å². The van der Waals surface area contributed by atoms with Gasteiger partial charge in [0, 0.05) is 13.3 Å². The molecule has 0 bridgehead atoms. The van der Waals surface area contributed by atoms with E-state index in [2.05, 4.69) is 25.7 Å². The third-order valence-electron chi connectivity index (χ3n) is 1.21. The van der Waals surface area contributed by atoms with Crippen LogP contribution in [0.15, 0.2) is 10.7 Å². The normalized spacial score (nSPS) is 10.2. The highest BCUT2D eigenvalue weighted by molar-refractivity contribution is 14.1. The van der Waals surface area contributed by atoms with Crippen molar-refractivity contribution in [3.05, 3.63) is 20.2 Å². The Morgan fingerprint density at radius 1 is 1.69 bits per heavy atom. The summed E-state index contributed by atoms with van der Waals surface area (Å²) in [5.74, 6) is -0.526. The molecular formula is C7H6BrFINO2. The molecule has 72 valence electrons. The van der Waals surface area contributed by atoms with E-state index in [9.17, 15) is 4.39 Å². The fraction of sp³-hybridized carbons (Fsp3) is 0.286. The summed E-state index contributed by atoms with van der Waals surface area (Å²) in [5, 5.41) is 0. The van der Waals surface area contributed by atoms with E-state index in [1.807, 2.05) is 22.6 Å². The van der Waals surface area contributed by atoms with Crippen molar-refractivity contribution < 1.29 is 13.9 Å². The fourth-order valence-electron chi connectivity index (χ4n) is 0.668. The molecule has 1 aromatic rings. The van der Waals surface area contributed by atoms with Crippen molar-refractivity contribution in [2.45, 2.75) is 0 Å². The van der Waals surface area contributed by atoms with Crippen LogP contribution in [0.3, 0.4) is 0 Å². The second-order valence-corrected chi connectivity index (χ2v) is 4.02. The summed E-state index contributed by atoms with van der Waals surface area (Å²) >= 11 is 5.18. The van der Waals surface area contributed by atoms with Crippen molar-refractivity contribution in [2.24, 2.45) is 0 Å². The lowest BCUT2D eigenvalue weighted by atomic mass is 10.4. The van der Waals surface area contributed by atoms with E-state index >= 15 is 0 Å². The zero-order valence-corrected chi connectivity index (χ0v) is 10.4. The van der Waals surface area contributed by atoms with Gasteiger partial charge in [-0.2, -0.15) is 4.39 Å². The first-order chi connectivity index (χ1) is 6.16. The molecule has 1 heterocycles. The van der Waals surface area contributed by atoms with E-state index < -0.39 is 5.95 Å². The van der Waals surface area contributed by atoms with Gasteiger partial charge in [0.1, 0.15) is 0 Å². The van der Waals surface area contributed by atoms with Crippen LogP contribution in [0.25, 0.3) is 0 Å². The topological polar surface area (TPSA) is 31.4 Å². The van der Waals surface area contributed by atoms with E-state index in [0.29, 0.717) is 8.04 Å². The van der Waals surface area contributed by atoms with Gasteiger partial charge in [-0.05, 0) is 38.5 Å². The van der Waals surface area contributed by atoms with Crippen LogP contribution in [-0.2, 0) is 4.74 Å². The molecular weight excluding hydrogens is 356 g/mol. The highest BCUT2D eigenvalue weighted by Crippen LogP contribution is 2.29.